The van der Waals surface area contributed by atoms with Crippen molar-refractivity contribution < 1.29 is 13.2 Å². The number of ketones is 1. The van der Waals surface area contributed by atoms with E-state index in [0.29, 0.717) is 24.2 Å². The molecule has 1 N–H and O–H groups in total. The molecule has 2 aromatic rings. The molecule has 0 aliphatic carbocycles. The molecule has 2 heterocycles. The number of sulfonamides is 1. The zero-order valence-electron chi connectivity index (χ0n) is 13.9. The van der Waals surface area contributed by atoms with Crippen LogP contribution in [0.4, 0.5) is 10.8 Å². The van der Waals surface area contributed by atoms with Crippen LogP contribution in [0.15, 0.2) is 22.5 Å². The first-order chi connectivity index (χ1) is 11.9. The summed E-state index contributed by atoms with van der Waals surface area (Å²) in [5.41, 5.74) is 2.16. The molecular weight excluding hydrogens is 380 g/mol. The maximum atomic E-state index is 12.4. The van der Waals surface area contributed by atoms with Gasteiger partial charge in [0.2, 0.25) is 15.2 Å². The van der Waals surface area contributed by atoms with E-state index in [0.717, 1.165) is 21.6 Å². The van der Waals surface area contributed by atoms with Gasteiger partial charge >= 0.3 is 0 Å². The van der Waals surface area contributed by atoms with Gasteiger partial charge in [0.05, 0.1) is 17.7 Å². The summed E-state index contributed by atoms with van der Waals surface area (Å²) < 4.78 is 25.7. The Kier molecular flexibility index (Phi) is 5.30. The van der Waals surface area contributed by atoms with Crippen molar-refractivity contribution in [2.45, 2.75) is 17.7 Å². The third kappa shape index (κ3) is 4.13. The average Bonchev–Trinajstić information content (AvgIpc) is 3.18. The molecule has 1 aromatic heterocycles. The Labute approximate surface area is 154 Å². The summed E-state index contributed by atoms with van der Waals surface area (Å²) in [7, 11) is -3.27. The number of benzene rings is 1. The van der Waals surface area contributed by atoms with E-state index in [9.17, 15) is 13.2 Å². The van der Waals surface area contributed by atoms with Crippen molar-refractivity contribution in [3.8, 4) is 0 Å². The van der Waals surface area contributed by atoms with Crippen molar-refractivity contribution in [3.05, 3.63) is 29.3 Å². The van der Waals surface area contributed by atoms with Gasteiger partial charge in [-0.2, -0.15) is 0 Å². The van der Waals surface area contributed by atoms with E-state index >= 15 is 0 Å². The molecule has 0 spiro atoms. The van der Waals surface area contributed by atoms with E-state index in [2.05, 4.69) is 15.5 Å². The van der Waals surface area contributed by atoms with Crippen molar-refractivity contribution in [2.75, 3.05) is 34.7 Å². The fraction of sp³-hybridized carbons (Fsp3) is 0.400. The summed E-state index contributed by atoms with van der Waals surface area (Å²) in [6.07, 6.45) is 1.82. The number of thioether (sulfide) groups is 1. The molecule has 7 nitrogen and oxygen atoms in total. The smallest absolute Gasteiger partial charge is 0.232 e. The second-order valence-corrected chi connectivity index (χ2v) is 9.65. The van der Waals surface area contributed by atoms with Gasteiger partial charge in [0.15, 0.2) is 10.1 Å². The molecule has 0 fully saturated rings. The molecule has 0 atom stereocenters. The van der Waals surface area contributed by atoms with Crippen LogP contribution in [0.25, 0.3) is 0 Å². The molecule has 10 heteroatoms. The molecule has 0 saturated carbocycles. The van der Waals surface area contributed by atoms with Crippen molar-refractivity contribution in [2.24, 2.45) is 0 Å². The van der Waals surface area contributed by atoms with Crippen LogP contribution < -0.4 is 9.62 Å². The van der Waals surface area contributed by atoms with Crippen molar-refractivity contribution >= 4 is 49.7 Å². The number of hydrogen-bond donors (Lipinski definition) is 1. The Morgan fingerprint density at radius 2 is 2.20 bits per heavy atom. The molecule has 0 radical (unpaired) electrons. The highest BCUT2D eigenvalue weighted by molar-refractivity contribution is 8.01. The van der Waals surface area contributed by atoms with Crippen LogP contribution in [-0.2, 0) is 16.4 Å². The van der Waals surface area contributed by atoms with Gasteiger partial charge in [0.1, 0.15) is 0 Å². The van der Waals surface area contributed by atoms with Gasteiger partial charge in [-0.3, -0.25) is 9.10 Å². The molecule has 3 rings (SSSR count). The maximum absolute atomic E-state index is 12.4. The van der Waals surface area contributed by atoms with Crippen molar-refractivity contribution in [1.82, 2.24) is 10.2 Å². The van der Waals surface area contributed by atoms with E-state index in [1.165, 1.54) is 33.7 Å². The molecule has 0 amide bonds. The van der Waals surface area contributed by atoms with Gasteiger partial charge in [-0.15, -0.1) is 10.2 Å². The van der Waals surface area contributed by atoms with Gasteiger partial charge in [0.25, 0.3) is 0 Å². The first-order valence-electron chi connectivity index (χ1n) is 7.72. The minimum Gasteiger partial charge on any atom is -0.360 e. The topological polar surface area (TPSA) is 92.3 Å². The normalized spacial score (nSPS) is 13.8. The number of carbonyl (C=O) groups excluding carboxylic acids is 1. The Bertz CT molecular complexity index is 895. The van der Waals surface area contributed by atoms with Crippen LogP contribution in [0.3, 0.4) is 0 Å². The van der Waals surface area contributed by atoms with E-state index in [1.807, 2.05) is 6.92 Å². The Hall–Kier alpha value is -1.65. The zero-order chi connectivity index (χ0) is 18.0. The van der Waals surface area contributed by atoms with E-state index in [-0.39, 0.29) is 11.5 Å². The van der Waals surface area contributed by atoms with E-state index < -0.39 is 10.0 Å². The fourth-order valence-electron chi connectivity index (χ4n) is 2.59. The SMILES string of the molecule is CCNc1nnc(SCC(=O)c2ccc3c(c2)CCN3S(C)(=O)=O)s1. The number of hydrogen-bond acceptors (Lipinski definition) is 8. The lowest BCUT2D eigenvalue weighted by molar-refractivity contribution is 0.102. The lowest BCUT2D eigenvalue weighted by Crippen LogP contribution is -2.27. The average molecular weight is 399 g/mol. The first-order valence-corrected chi connectivity index (χ1v) is 11.4. The van der Waals surface area contributed by atoms with Gasteiger partial charge < -0.3 is 5.32 Å². The molecule has 1 aliphatic heterocycles. The Balaban J connectivity index is 1.67. The van der Waals surface area contributed by atoms with Crippen LogP contribution in [0, 0.1) is 0 Å². The molecule has 0 unspecified atom stereocenters. The van der Waals surface area contributed by atoms with Crippen molar-refractivity contribution in [1.29, 1.82) is 0 Å². The number of fused-ring (bicyclic) bond motifs is 1. The Morgan fingerprint density at radius 3 is 2.92 bits per heavy atom. The number of nitrogens with zero attached hydrogens (tertiary/aromatic N) is 3. The van der Waals surface area contributed by atoms with E-state index in [4.69, 9.17) is 0 Å². The number of rotatable bonds is 7. The molecule has 1 aromatic carbocycles. The van der Waals surface area contributed by atoms with Crippen LogP contribution >= 0.6 is 23.1 Å². The number of nitrogens with one attached hydrogen (secondary N) is 1. The molecular formula is C15H18N4O3S3. The molecule has 1 aliphatic rings. The van der Waals surface area contributed by atoms with Gasteiger partial charge in [0, 0.05) is 18.7 Å². The van der Waals surface area contributed by atoms with Crippen LogP contribution in [-0.4, -0.2) is 49.5 Å². The van der Waals surface area contributed by atoms with Crippen LogP contribution in [0.5, 0.6) is 0 Å². The predicted octanol–water partition coefficient (Wildman–Crippen LogP) is 2.27. The second-order valence-electron chi connectivity index (χ2n) is 5.54. The Morgan fingerprint density at radius 1 is 1.40 bits per heavy atom. The summed E-state index contributed by atoms with van der Waals surface area (Å²) in [4.78, 5) is 12.4. The maximum Gasteiger partial charge on any atom is 0.232 e. The van der Waals surface area contributed by atoms with Gasteiger partial charge in [-0.05, 0) is 37.1 Å². The highest BCUT2D eigenvalue weighted by atomic mass is 32.2. The summed E-state index contributed by atoms with van der Waals surface area (Å²) in [6.45, 7) is 3.19. The monoisotopic (exact) mass is 398 g/mol. The fourth-order valence-corrected chi connectivity index (χ4v) is 5.26. The summed E-state index contributed by atoms with van der Waals surface area (Å²) in [5, 5.41) is 11.9. The first kappa shape index (κ1) is 18.2. The van der Waals surface area contributed by atoms with Crippen LogP contribution in [0.1, 0.15) is 22.8 Å². The number of Topliss-reactive ketones (excluding diaryl/α,β-unsaturated/α-hetero) is 1. The van der Waals surface area contributed by atoms with Gasteiger partial charge in [-0.25, -0.2) is 8.42 Å². The van der Waals surface area contributed by atoms with Crippen molar-refractivity contribution in [3.63, 3.8) is 0 Å². The largest absolute Gasteiger partial charge is 0.360 e. The molecule has 0 saturated heterocycles. The summed E-state index contributed by atoms with van der Waals surface area (Å²) in [6, 6.07) is 5.21. The number of carbonyl (C=O) groups is 1. The third-order valence-corrected chi connectivity index (χ3v) is 6.91. The minimum absolute atomic E-state index is 0.00851. The quantitative estimate of drug-likeness (QED) is 0.565. The lowest BCUT2D eigenvalue weighted by Gasteiger charge is -2.16. The zero-order valence-corrected chi connectivity index (χ0v) is 16.3. The highest BCUT2D eigenvalue weighted by Gasteiger charge is 2.26. The lowest BCUT2D eigenvalue weighted by atomic mass is 10.1. The minimum atomic E-state index is -3.27. The van der Waals surface area contributed by atoms with Crippen LogP contribution in [0.2, 0.25) is 0 Å². The summed E-state index contributed by atoms with van der Waals surface area (Å²) in [5.74, 6) is 0.265. The summed E-state index contributed by atoms with van der Waals surface area (Å²) >= 11 is 2.78. The standard InChI is InChI=1S/C15H18N4O3S3/c1-3-16-14-17-18-15(24-14)23-9-13(20)11-4-5-12-10(8-11)6-7-19(12)25(2,21)22/h4-5,8H,3,6-7,9H2,1-2H3,(H,16,17). The number of aromatic nitrogens is 2. The highest BCUT2D eigenvalue weighted by Crippen LogP contribution is 2.31. The molecule has 134 valence electrons. The number of anilines is 2. The predicted molar refractivity (Wildman–Crippen MR) is 101 cm³/mol. The van der Waals surface area contributed by atoms with Gasteiger partial charge in [-0.1, -0.05) is 23.1 Å². The second kappa shape index (κ2) is 7.30. The molecule has 0 bridgehead atoms. The molecule has 25 heavy (non-hydrogen) atoms. The van der Waals surface area contributed by atoms with E-state index in [1.54, 1.807) is 18.2 Å². The third-order valence-electron chi connectivity index (χ3n) is 3.72.